The third-order valence-corrected chi connectivity index (χ3v) is 4.30. The monoisotopic (exact) mass is 288 g/mol. The number of likely N-dealkylation sites (N-methyl/N-ethyl adjacent to an activating group) is 1. The van der Waals surface area contributed by atoms with Crippen LogP contribution in [0.15, 0.2) is 23.0 Å². The number of fused-ring (bicyclic) bond motifs is 1. The first-order valence-corrected chi connectivity index (χ1v) is 7.74. The molecule has 0 atom stereocenters. The van der Waals surface area contributed by atoms with Crippen LogP contribution in [-0.4, -0.2) is 48.2 Å². The van der Waals surface area contributed by atoms with Crippen LogP contribution in [-0.2, 0) is 6.42 Å². The van der Waals surface area contributed by atoms with Crippen LogP contribution in [0.1, 0.15) is 24.4 Å². The van der Waals surface area contributed by atoms with Gasteiger partial charge in [-0.2, -0.15) is 0 Å². The summed E-state index contributed by atoms with van der Waals surface area (Å²) in [5, 5.41) is 3.35. The number of H-pyrrole nitrogens is 1. The third kappa shape index (κ3) is 3.04. The molecule has 21 heavy (non-hydrogen) atoms. The number of piperidine rings is 1. The molecule has 1 fully saturated rings. The highest BCUT2D eigenvalue weighted by Gasteiger charge is 2.19. The number of nitrogens with zero attached hydrogens (tertiary/aromatic N) is 2. The Labute approximate surface area is 125 Å². The molecule has 114 valence electrons. The van der Waals surface area contributed by atoms with Crippen LogP contribution < -0.4 is 11.0 Å². The Kier molecular flexibility index (Phi) is 4.12. The fraction of sp³-hybridized carbons (Fsp3) is 0.562. The Bertz CT molecular complexity index is 664. The number of aromatic amines is 1. The summed E-state index contributed by atoms with van der Waals surface area (Å²) in [5.41, 5.74) is 3.31. The fourth-order valence-corrected chi connectivity index (χ4v) is 3.11. The van der Waals surface area contributed by atoms with Crippen molar-refractivity contribution < 1.29 is 0 Å². The molecule has 0 amide bonds. The van der Waals surface area contributed by atoms with E-state index >= 15 is 0 Å². The fourth-order valence-electron chi connectivity index (χ4n) is 3.11. The van der Waals surface area contributed by atoms with E-state index in [-0.39, 0.29) is 5.69 Å². The van der Waals surface area contributed by atoms with Gasteiger partial charge in [-0.05, 0) is 64.1 Å². The topological polar surface area (TPSA) is 53.1 Å². The van der Waals surface area contributed by atoms with Gasteiger partial charge in [0.25, 0.3) is 0 Å². The van der Waals surface area contributed by atoms with Gasteiger partial charge >= 0.3 is 5.69 Å². The predicted molar refractivity (Wildman–Crippen MR) is 86.0 cm³/mol. The molecule has 0 saturated carbocycles. The second-order valence-corrected chi connectivity index (χ2v) is 6.19. The largest absolute Gasteiger partial charge is 0.326 e. The first-order chi connectivity index (χ1) is 10.1. The van der Waals surface area contributed by atoms with Crippen LogP contribution in [0.2, 0.25) is 0 Å². The van der Waals surface area contributed by atoms with Crippen LogP contribution in [0.5, 0.6) is 0 Å². The molecule has 2 heterocycles. The van der Waals surface area contributed by atoms with Gasteiger partial charge in [0, 0.05) is 12.6 Å². The van der Waals surface area contributed by atoms with Crippen molar-refractivity contribution in [3.05, 3.63) is 34.2 Å². The molecule has 2 aromatic rings. The summed E-state index contributed by atoms with van der Waals surface area (Å²) >= 11 is 0. The zero-order valence-electron chi connectivity index (χ0n) is 12.9. The van der Waals surface area contributed by atoms with Crippen molar-refractivity contribution in [1.29, 1.82) is 0 Å². The summed E-state index contributed by atoms with van der Waals surface area (Å²) in [5.74, 6) is 0. The van der Waals surface area contributed by atoms with Crippen LogP contribution in [0.3, 0.4) is 0 Å². The molecule has 0 bridgehead atoms. The van der Waals surface area contributed by atoms with E-state index < -0.39 is 0 Å². The molecule has 1 aromatic carbocycles. The van der Waals surface area contributed by atoms with E-state index in [1.165, 1.54) is 5.56 Å². The lowest BCUT2D eigenvalue weighted by atomic mass is 10.1. The minimum absolute atomic E-state index is 0.0293. The number of nitrogens with one attached hydrogen (secondary N) is 2. The van der Waals surface area contributed by atoms with E-state index in [9.17, 15) is 4.79 Å². The lowest BCUT2D eigenvalue weighted by Gasteiger charge is -2.23. The van der Waals surface area contributed by atoms with E-state index in [1.807, 2.05) is 4.57 Å². The molecule has 1 aliphatic rings. The number of aromatic nitrogens is 2. The van der Waals surface area contributed by atoms with Crippen LogP contribution in [0, 0.1) is 0 Å². The molecule has 0 aliphatic carbocycles. The van der Waals surface area contributed by atoms with Crippen molar-refractivity contribution in [3.63, 3.8) is 0 Å². The van der Waals surface area contributed by atoms with E-state index in [2.05, 4.69) is 47.5 Å². The third-order valence-electron chi connectivity index (χ3n) is 4.30. The molecule has 5 nitrogen and oxygen atoms in total. The van der Waals surface area contributed by atoms with Crippen LogP contribution in [0.4, 0.5) is 0 Å². The lowest BCUT2D eigenvalue weighted by Crippen LogP contribution is -2.33. The van der Waals surface area contributed by atoms with E-state index in [1.54, 1.807) is 0 Å². The standard InChI is InChI=1S/C16H24N4O/c1-19(2)10-7-12-3-4-15-14(11-12)18-16(21)20(15)13-5-8-17-9-6-13/h3-4,11,13,17H,5-10H2,1-2H3,(H,18,21). The van der Waals surface area contributed by atoms with E-state index in [0.29, 0.717) is 6.04 Å². The highest BCUT2D eigenvalue weighted by atomic mass is 16.1. The molecule has 1 aliphatic heterocycles. The molecular weight excluding hydrogens is 264 g/mol. The molecule has 1 saturated heterocycles. The number of imidazole rings is 1. The van der Waals surface area contributed by atoms with Gasteiger partial charge in [0.05, 0.1) is 11.0 Å². The Hall–Kier alpha value is -1.59. The van der Waals surface area contributed by atoms with Crippen molar-refractivity contribution in [3.8, 4) is 0 Å². The van der Waals surface area contributed by atoms with E-state index in [4.69, 9.17) is 0 Å². The summed E-state index contributed by atoms with van der Waals surface area (Å²) in [6.45, 7) is 3.00. The smallest absolute Gasteiger partial charge is 0.317 e. The predicted octanol–water partition coefficient (Wildman–Crippen LogP) is 1.36. The number of rotatable bonds is 4. The van der Waals surface area contributed by atoms with Gasteiger partial charge in [-0.25, -0.2) is 4.79 Å². The van der Waals surface area contributed by atoms with Gasteiger partial charge in [0.1, 0.15) is 0 Å². The normalized spacial score (nSPS) is 16.9. The van der Waals surface area contributed by atoms with Gasteiger partial charge in [0.2, 0.25) is 0 Å². The molecule has 3 rings (SSSR count). The van der Waals surface area contributed by atoms with Crippen molar-refractivity contribution in [1.82, 2.24) is 19.8 Å². The lowest BCUT2D eigenvalue weighted by molar-refractivity contribution is 0.368. The Morgan fingerprint density at radius 3 is 2.76 bits per heavy atom. The van der Waals surface area contributed by atoms with Gasteiger partial charge in [-0.15, -0.1) is 0 Å². The quantitative estimate of drug-likeness (QED) is 0.893. The zero-order chi connectivity index (χ0) is 14.8. The first-order valence-electron chi connectivity index (χ1n) is 7.74. The maximum Gasteiger partial charge on any atom is 0.326 e. The number of hydrogen-bond donors (Lipinski definition) is 2. The van der Waals surface area contributed by atoms with Gasteiger partial charge in [0.15, 0.2) is 0 Å². The summed E-state index contributed by atoms with van der Waals surface area (Å²) in [6, 6.07) is 6.69. The molecule has 1 aromatic heterocycles. The Morgan fingerprint density at radius 1 is 1.29 bits per heavy atom. The highest BCUT2D eigenvalue weighted by molar-refractivity contribution is 5.76. The van der Waals surface area contributed by atoms with Crippen molar-refractivity contribution >= 4 is 11.0 Å². The molecule has 0 spiro atoms. The van der Waals surface area contributed by atoms with Gasteiger partial charge in [-0.1, -0.05) is 6.07 Å². The SMILES string of the molecule is CN(C)CCc1ccc2c(c1)[nH]c(=O)n2C1CCNCC1. The molecule has 0 radical (unpaired) electrons. The van der Waals surface area contributed by atoms with E-state index in [0.717, 1.165) is 49.9 Å². The Balaban J connectivity index is 1.92. The molecule has 2 N–H and O–H groups in total. The van der Waals surface area contributed by atoms with Crippen LogP contribution in [0.25, 0.3) is 11.0 Å². The maximum atomic E-state index is 12.3. The maximum absolute atomic E-state index is 12.3. The zero-order valence-corrected chi connectivity index (χ0v) is 12.9. The average Bonchev–Trinajstić information content (AvgIpc) is 2.81. The molecule has 0 unspecified atom stereocenters. The summed E-state index contributed by atoms with van der Waals surface area (Å²) in [4.78, 5) is 17.5. The minimum atomic E-state index is 0.0293. The summed E-state index contributed by atoms with van der Waals surface area (Å²) in [6.07, 6.45) is 3.05. The second kappa shape index (κ2) is 6.03. The van der Waals surface area contributed by atoms with Crippen molar-refractivity contribution in [2.75, 3.05) is 33.7 Å². The molecular formula is C16H24N4O. The molecule has 5 heteroatoms. The van der Waals surface area contributed by atoms with Crippen molar-refractivity contribution in [2.45, 2.75) is 25.3 Å². The van der Waals surface area contributed by atoms with Crippen molar-refractivity contribution in [2.24, 2.45) is 0 Å². The van der Waals surface area contributed by atoms with Crippen LogP contribution >= 0.6 is 0 Å². The Morgan fingerprint density at radius 2 is 2.05 bits per heavy atom. The second-order valence-electron chi connectivity index (χ2n) is 6.19. The number of benzene rings is 1. The first kappa shape index (κ1) is 14.4. The average molecular weight is 288 g/mol. The number of hydrogen-bond acceptors (Lipinski definition) is 3. The summed E-state index contributed by atoms with van der Waals surface area (Å²) < 4.78 is 1.95. The summed E-state index contributed by atoms with van der Waals surface area (Å²) in [7, 11) is 4.15. The highest BCUT2D eigenvalue weighted by Crippen LogP contribution is 2.22. The van der Waals surface area contributed by atoms with Gasteiger partial charge in [-0.3, -0.25) is 4.57 Å². The van der Waals surface area contributed by atoms with Gasteiger partial charge < -0.3 is 15.2 Å². The minimum Gasteiger partial charge on any atom is -0.317 e.